The van der Waals surface area contributed by atoms with E-state index in [1.807, 2.05) is 32.9 Å². The number of hydrogen-bond donors (Lipinski definition) is 0. The number of ketones is 1. The van der Waals surface area contributed by atoms with Crippen LogP contribution in [0, 0.1) is 19.8 Å². The molecule has 1 aromatic carbocycles. The first-order valence-electron chi connectivity index (χ1n) is 9.10. The average molecular weight is 356 g/mol. The fourth-order valence-electron chi connectivity index (χ4n) is 3.99. The Labute approximate surface area is 153 Å². The van der Waals surface area contributed by atoms with Crippen LogP contribution in [0.2, 0.25) is 0 Å². The molecule has 6 nitrogen and oxygen atoms in total. The maximum Gasteiger partial charge on any atom is 0.334 e. The second-order valence-corrected chi connectivity index (χ2v) is 7.42. The van der Waals surface area contributed by atoms with Gasteiger partial charge in [-0.1, -0.05) is 43.5 Å². The molecule has 2 atom stereocenters. The molecule has 0 unspecified atom stereocenters. The first-order valence-corrected chi connectivity index (χ1v) is 9.10. The second kappa shape index (κ2) is 7.02. The van der Waals surface area contributed by atoms with Crippen LogP contribution in [0.25, 0.3) is 0 Å². The smallest absolute Gasteiger partial charge is 0.292 e. The van der Waals surface area contributed by atoms with Crippen molar-refractivity contribution in [2.24, 2.45) is 5.92 Å². The Hall–Kier alpha value is -2.50. The number of carbonyl (C=O) groups excluding carboxylic acids is 4. The van der Waals surface area contributed by atoms with Gasteiger partial charge in [-0.05, 0) is 38.2 Å². The third-order valence-electron chi connectivity index (χ3n) is 5.47. The lowest BCUT2D eigenvalue weighted by Crippen LogP contribution is -2.46. The fourth-order valence-corrected chi connectivity index (χ4v) is 3.99. The van der Waals surface area contributed by atoms with Crippen LogP contribution in [0.1, 0.15) is 54.1 Å². The molecule has 0 spiro atoms. The number of urea groups is 1. The highest BCUT2D eigenvalue weighted by atomic mass is 16.2. The summed E-state index contributed by atoms with van der Waals surface area (Å²) in [6.07, 6.45) is 3.64. The topological polar surface area (TPSA) is 74.8 Å². The zero-order valence-electron chi connectivity index (χ0n) is 15.4. The summed E-state index contributed by atoms with van der Waals surface area (Å²) < 4.78 is 0. The van der Waals surface area contributed by atoms with Gasteiger partial charge in [-0.2, -0.15) is 0 Å². The van der Waals surface area contributed by atoms with E-state index in [1.54, 1.807) is 6.07 Å². The van der Waals surface area contributed by atoms with E-state index in [1.165, 1.54) is 0 Å². The van der Waals surface area contributed by atoms with Crippen molar-refractivity contribution in [3.63, 3.8) is 0 Å². The molecule has 2 aliphatic rings. The molecule has 138 valence electrons. The number of imide groups is 2. The van der Waals surface area contributed by atoms with Gasteiger partial charge in [0.1, 0.15) is 0 Å². The van der Waals surface area contributed by atoms with Crippen LogP contribution in [0.5, 0.6) is 0 Å². The van der Waals surface area contributed by atoms with E-state index < -0.39 is 24.4 Å². The lowest BCUT2D eigenvalue weighted by atomic mass is 9.85. The van der Waals surface area contributed by atoms with Crippen LogP contribution >= 0.6 is 0 Å². The molecule has 0 bridgehead atoms. The molecule has 0 N–H and O–H groups in total. The average Bonchev–Trinajstić information content (AvgIpc) is 2.79. The summed E-state index contributed by atoms with van der Waals surface area (Å²) in [5.74, 6) is -1.87. The Bertz CT molecular complexity index is 786. The lowest BCUT2D eigenvalue weighted by molar-refractivity contribution is -0.144. The zero-order valence-corrected chi connectivity index (χ0v) is 15.4. The predicted octanol–water partition coefficient (Wildman–Crippen LogP) is 2.86. The second-order valence-electron chi connectivity index (χ2n) is 7.42. The number of benzene rings is 1. The molecule has 3 rings (SSSR count). The van der Waals surface area contributed by atoms with Gasteiger partial charge in [-0.15, -0.1) is 0 Å². The number of aryl methyl sites for hydroxylation is 2. The molecular weight excluding hydrogens is 332 g/mol. The Morgan fingerprint density at radius 2 is 1.77 bits per heavy atom. The molecule has 1 aliphatic heterocycles. The van der Waals surface area contributed by atoms with E-state index >= 15 is 0 Å². The standard InChI is InChI=1S/C20H24N2O4/c1-12-8-9-15(14(3)10-12)17(23)11-21-18(24)19(25)22(20(21)26)16-7-5-4-6-13(16)2/h8-10,13,16H,4-7,11H2,1-3H3/t13-,16-/m0/s1. The van der Waals surface area contributed by atoms with Gasteiger partial charge < -0.3 is 0 Å². The normalized spacial score (nSPS) is 23.7. The molecule has 6 heteroatoms. The Morgan fingerprint density at radius 1 is 1.08 bits per heavy atom. The van der Waals surface area contributed by atoms with Gasteiger partial charge in [-0.25, -0.2) is 9.69 Å². The van der Waals surface area contributed by atoms with E-state index in [4.69, 9.17) is 0 Å². The van der Waals surface area contributed by atoms with Crippen LogP contribution in [0.3, 0.4) is 0 Å². The summed E-state index contributed by atoms with van der Waals surface area (Å²) in [5.41, 5.74) is 2.28. The Kier molecular flexibility index (Phi) is 4.94. The molecule has 1 aliphatic carbocycles. The van der Waals surface area contributed by atoms with Gasteiger partial charge in [-0.3, -0.25) is 19.3 Å². The Morgan fingerprint density at radius 3 is 2.42 bits per heavy atom. The summed E-state index contributed by atoms with van der Waals surface area (Å²) in [4.78, 5) is 52.0. The highest BCUT2D eigenvalue weighted by Gasteiger charge is 2.49. The lowest BCUT2D eigenvalue weighted by Gasteiger charge is -2.34. The summed E-state index contributed by atoms with van der Waals surface area (Å²) >= 11 is 0. The van der Waals surface area contributed by atoms with E-state index in [0.29, 0.717) is 12.0 Å². The number of amides is 4. The first kappa shape index (κ1) is 18.3. The van der Waals surface area contributed by atoms with Gasteiger partial charge in [0.05, 0.1) is 6.54 Å². The van der Waals surface area contributed by atoms with Gasteiger partial charge in [0, 0.05) is 11.6 Å². The minimum Gasteiger partial charge on any atom is -0.292 e. The van der Waals surface area contributed by atoms with Crippen molar-refractivity contribution in [3.8, 4) is 0 Å². The maximum absolute atomic E-state index is 12.7. The zero-order chi connectivity index (χ0) is 19.0. The van der Waals surface area contributed by atoms with Crippen LogP contribution in [-0.2, 0) is 9.59 Å². The van der Waals surface area contributed by atoms with Crippen molar-refractivity contribution in [1.29, 1.82) is 0 Å². The largest absolute Gasteiger partial charge is 0.334 e. The van der Waals surface area contributed by atoms with Crippen molar-refractivity contribution in [2.75, 3.05) is 6.54 Å². The van der Waals surface area contributed by atoms with Crippen LogP contribution in [0.4, 0.5) is 4.79 Å². The van der Waals surface area contributed by atoms with Crippen LogP contribution in [-0.4, -0.2) is 46.0 Å². The third kappa shape index (κ3) is 3.16. The van der Waals surface area contributed by atoms with E-state index in [9.17, 15) is 19.2 Å². The van der Waals surface area contributed by atoms with Crippen LogP contribution in [0.15, 0.2) is 18.2 Å². The molecule has 4 amide bonds. The SMILES string of the molecule is Cc1ccc(C(=O)CN2C(=O)C(=O)N([C@H]3CCCC[C@@H]3C)C2=O)c(C)c1. The van der Waals surface area contributed by atoms with Crippen LogP contribution < -0.4 is 0 Å². The van der Waals surface area contributed by atoms with Gasteiger partial charge in [0.15, 0.2) is 5.78 Å². The summed E-state index contributed by atoms with van der Waals surface area (Å²) in [5, 5.41) is 0. The van der Waals surface area contributed by atoms with Crippen molar-refractivity contribution >= 4 is 23.6 Å². The highest BCUT2D eigenvalue weighted by molar-refractivity contribution is 6.45. The predicted molar refractivity (Wildman–Crippen MR) is 95.6 cm³/mol. The quantitative estimate of drug-likeness (QED) is 0.472. The van der Waals surface area contributed by atoms with Crippen molar-refractivity contribution in [2.45, 2.75) is 52.5 Å². The fraction of sp³-hybridized carbons (Fsp3) is 0.500. The Balaban J connectivity index is 1.80. The van der Waals surface area contributed by atoms with E-state index in [2.05, 4.69) is 0 Å². The van der Waals surface area contributed by atoms with E-state index in [-0.39, 0.29) is 17.7 Å². The molecule has 1 saturated heterocycles. The molecule has 1 aromatic rings. The number of carbonyl (C=O) groups is 4. The third-order valence-corrected chi connectivity index (χ3v) is 5.47. The molecule has 0 radical (unpaired) electrons. The monoisotopic (exact) mass is 356 g/mol. The van der Waals surface area contributed by atoms with Gasteiger partial charge >= 0.3 is 17.8 Å². The summed E-state index contributed by atoms with van der Waals surface area (Å²) in [6.45, 7) is 5.34. The van der Waals surface area contributed by atoms with Crippen molar-refractivity contribution in [3.05, 3.63) is 34.9 Å². The molecule has 2 fully saturated rings. The number of hydrogen-bond acceptors (Lipinski definition) is 4. The maximum atomic E-state index is 12.7. The number of rotatable bonds is 4. The summed E-state index contributed by atoms with van der Waals surface area (Å²) in [7, 11) is 0. The van der Waals surface area contributed by atoms with Crippen molar-refractivity contribution in [1.82, 2.24) is 9.80 Å². The summed E-state index contributed by atoms with van der Waals surface area (Å²) in [6, 6.07) is 4.48. The molecule has 0 aromatic heterocycles. The molecular formula is C20H24N2O4. The highest BCUT2D eigenvalue weighted by Crippen LogP contribution is 2.31. The van der Waals surface area contributed by atoms with E-state index in [0.717, 1.165) is 40.2 Å². The minimum atomic E-state index is -0.897. The first-order chi connectivity index (χ1) is 12.3. The number of Topliss-reactive ketones (excluding diaryl/α,β-unsaturated/α-hetero) is 1. The number of nitrogens with zero attached hydrogens (tertiary/aromatic N) is 2. The van der Waals surface area contributed by atoms with Gasteiger partial charge in [0.2, 0.25) is 0 Å². The molecule has 1 heterocycles. The van der Waals surface area contributed by atoms with Gasteiger partial charge in [0.25, 0.3) is 0 Å². The minimum absolute atomic E-state index is 0.166. The molecule has 1 saturated carbocycles. The molecule has 26 heavy (non-hydrogen) atoms. The van der Waals surface area contributed by atoms with Crippen molar-refractivity contribution < 1.29 is 19.2 Å².